The molecule has 0 aliphatic carbocycles. The zero-order chi connectivity index (χ0) is 19.9. The summed E-state index contributed by atoms with van der Waals surface area (Å²) < 4.78 is 64.4. The highest BCUT2D eigenvalue weighted by atomic mass is 32.2. The van der Waals surface area contributed by atoms with Crippen molar-refractivity contribution in [3.8, 4) is 16.9 Å². The number of alkyl halides is 3. The highest BCUT2D eigenvalue weighted by Gasteiger charge is 2.48. The third-order valence-electron chi connectivity index (χ3n) is 4.40. The molecule has 0 N–H and O–H groups in total. The van der Waals surface area contributed by atoms with Gasteiger partial charge in [0.15, 0.2) is 0 Å². The van der Waals surface area contributed by atoms with Gasteiger partial charge in [-0.1, -0.05) is 60.7 Å². The van der Waals surface area contributed by atoms with Crippen molar-refractivity contribution >= 4 is 31.7 Å². The summed E-state index contributed by atoms with van der Waals surface area (Å²) in [5.74, 6) is -0.389. The standard InChI is InChI=1S/C21H13F3O3S/c22-21(23,24)28(25,26)27-18-11-10-14-8-9-16(12-17(14)13-18)20-7-3-5-15-4-1-2-6-19(15)20/h1-13H. The van der Waals surface area contributed by atoms with Gasteiger partial charge in [-0.3, -0.25) is 0 Å². The molecule has 0 aromatic heterocycles. The molecule has 0 aliphatic rings. The Morgan fingerprint density at radius 1 is 0.714 bits per heavy atom. The second-order valence-corrected chi connectivity index (χ2v) is 7.77. The predicted octanol–water partition coefficient (Wildman–Crippen LogP) is 5.89. The maximum atomic E-state index is 12.6. The Morgan fingerprint density at radius 3 is 2.21 bits per heavy atom. The third kappa shape index (κ3) is 3.29. The van der Waals surface area contributed by atoms with E-state index in [2.05, 4.69) is 4.18 Å². The van der Waals surface area contributed by atoms with Crippen LogP contribution in [0.25, 0.3) is 32.7 Å². The number of fused-ring (bicyclic) bond motifs is 2. The largest absolute Gasteiger partial charge is 0.534 e. The summed E-state index contributed by atoms with van der Waals surface area (Å²) in [7, 11) is -5.71. The van der Waals surface area contributed by atoms with Gasteiger partial charge in [-0.05, 0) is 50.9 Å². The molecule has 0 spiro atoms. The van der Waals surface area contributed by atoms with Crippen LogP contribution in [0.2, 0.25) is 0 Å². The molecular weight excluding hydrogens is 389 g/mol. The van der Waals surface area contributed by atoms with E-state index in [1.165, 1.54) is 18.2 Å². The molecule has 0 bridgehead atoms. The Kier molecular flexibility index (Phi) is 4.27. The molecule has 4 aromatic carbocycles. The summed E-state index contributed by atoms with van der Waals surface area (Å²) in [6.07, 6.45) is 0. The lowest BCUT2D eigenvalue weighted by molar-refractivity contribution is -0.0500. The van der Waals surface area contributed by atoms with E-state index >= 15 is 0 Å². The van der Waals surface area contributed by atoms with Gasteiger partial charge >= 0.3 is 15.6 Å². The minimum absolute atomic E-state index is 0.389. The van der Waals surface area contributed by atoms with Crippen LogP contribution in [0.15, 0.2) is 78.9 Å². The highest BCUT2D eigenvalue weighted by Crippen LogP contribution is 2.33. The van der Waals surface area contributed by atoms with Gasteiger partial charge in [0, 0.05) is 0 Å². The van der Waals surface area contributed by atoms with Crippen molar-refractivity contribution in [2.24, 2.45) is 0 Å². The quantitative estimate of drug-likeness (QED) is 0.317. The fourth-order valence-electron chi connectivity index (χ4n) is 3.10. The van der Waals surface area contributed by atoms with E-state index in [1.807, 2.05) is 54.6 Å². The molecule has 0 atom stereocenters. The van der Waals surface area contributed by atoms with Crippen LogP contribution in [-0.4, -0.2) is 13.9 Å². The number of hydrogen-bond acceptors (Lipinski definition) is 3. The van der Waals surface area contributed by atoms with E-state index in [1.54, 1.807) is 6.07 Å². The Hall–Kier alpha value is -3.06. The minimum Gasteiger partial charge on any atom is -0.376 e. The average molecular weight is 402 g/mol. The summed E-state index contributed by atoms with van der Waals surface area (Å²) in [5.41, 5.74) is -3.65. The van der Waals surface area contributed by atoms with Crippen molar-refractivity contribution in [1.82, 2.24) is 0 Å². The molecule has 0 radical (unpaired) electrons. The molecule has 7 heteroatoms. The van der Waals surface area contributed by atoms with Crippen LogP contribution in [0.5, 0.6) is 5.75 Å². The number of rotatable bonds is 3. The molecule has 3 nitrogen and oxygen atoms in total. The van der Waals surface area contributed by atoms with Crippen molar-refractivity contribution in [2.45, 2.75) is 5.51 Å². The van der Waals surface area contributed by atoms with E-state index in [-0.39, 0.29) is 5.75 Å². The molecule has 0 fully saturated rings. The van der Waals surface area contributed by atoms with Crippen molar-refractivity contribution in [3.05, 3.63) is 78.9 Å². The van der Waals surface area contributed by atoms with Gasteiger partial charge in [0.25, 0.3) is 0 Å². The zero-order valence-corrected chi connectivity index (χ0v) is 15.1. The predicted molar refractivity (Wildman–Crippen MR) is 102 cm³/mol. The Bertz CT molecular complexity index is 1290. The lowest BCUT2D eigenvalue weighted by Gasteiger charge is -2.11. The Balaban J connectivity index is 1.80. The molecule has 142 valence electrons. The first-order chi connectivity index (χ1) is 13.2. The van der Waals surface area contributed by atoms with E-state index in [0.29, 0.717) is 5.39 Å². The summed E-state index contributed by atoms with van der Waals surface area (Å²) >= 11 is 0. The zero-order valence-electron chi connectivity index (χ0n) is 14.3. The summed E-state index contributed by atoms with van der Waals surface area (Å²) in [6, 6.07) is 23.3. The molecule has 28 heavy (non-hydrogen) atoms. The average Bonchev–Trinajstić information content (AvgIpc) is 2.66. The second-order valence-electron chi connectivity index (χ2n) is 6.23. The first kappa shape index (κ1) is 18.3. The van der Waals surface area contributed by atoms with Crippen LogP contribution in [0.4, 0.5) is 13.2 Å². The normalized spacial score (nSPS) is 12.4. The van der Waals surface area contributed by atoms with Crippen LogP contribution in [0.1, 0.15) is 0 Å². The molecule has 4 aromatic rings. The van der Waals surface area contributed by atoms with Crippen LogP contribution in [0.3, 0.4) is 0 Å². The molecule has 0 aliphatic heterocycles. The van der Waals surface area contributed by atoms with Crippen LogP contribution in [0, 0.1) is 0 Å². The number of benzene rings is 4. The maximum absolute atomic E-state index is 12.6. The van der Waals surface area contributed by atoms with Crippen molar-refractivity contribution in [3.63, 3.8) is 0 Å². The van der Waals surface area contributed by atoms with Gasteiger partial charge in [-0.25, -0.2) is 0 Å². The van der Waals surface area contributed by atoms with Crippen LogP contribution >= 0.6 is 0 Å². The highest BCUT2D eigenvalue weighted by molar-refractivity contribution is 7.88. The molecule has 0 saturated heterocycles. The SMILES string of the molecule is O=S(=O)(Oc1ccc2ccc(-c3cccc4ccccc34)cc2c1)C(F)(F)F. The van der Waals surface area contributed by atoms with Gasteiger partial charge in [-0.15, -0.1) is 0 Å². The summed E-state index contributed by atoms with van der Waals surface area (Å²) in [5, 5.41) is 3.42. The van der Waals surface area contributed by atoms with E-state index in [9.17, 15) is 21.6 Å². The minimum atomic E-state index is -5.71. The summed E-state index contributed by atoms with van der Waals surface area (Å²) in [6.45, 7) is 0. The van der Waals surface area contributed by atoms with Gasteiger partial charge in [0.05, 0.1) is 0 Å². The van der Waals surface area contributed by atoms with Crippen molar-refractivity contribution in [2.75, 3.05) is 0 Å². The van der Waals surface area contributed by atoms with Crippen LogP contribution in [-0.2, 0) is 10.1 Å². The topological polar surface area (TPSA) is 43.4 Å². The molecule has 0 unspecified atom stereocenters. The lowest BCUT2D eigenvalue weighted by Crippen LogP contribution is -2.28. The molecule has 0 amide bonds. The molecule has 0 heterocycles. The number of hydrogen-bond donors (Lipinski definition) is 0. The maximum Gasteiger partial charge on any atom is 0.534 e. The number of halogens is 3. The van der Waals surface area contributed by atoms with Gasteiger partial charge < -0.3 is 4.18 Å². The Morgan fingerprint density at radius 2 is 1.43 bits per heavy atom. The van der Waals surface area contributed by atoms with Gasteiger partial charge in [-0.2, -0.15) is 21.6 Å². The molecule has 0 saturated carbocycles. The third-order valence-corrected chi connectivity index (χ3v) is 5.38. The second kappa shape index (κ2) is 6.53. The van der Waals surface area contributed by atoms with Gasteiger partial charge in [0.2, 0.25) is 0 Å². The Labute approximate surface area is 159 Å². The van der Waals surface area contributed by atoms with Crippen LogP contribution < -0.4 is 4.18 Å². The van der Waals surface area contributed by atoms with E-state index < -0.39 is 15.6 Å². The van der Waals surface area contributed by atoms with E-state index in [0.717, 1.165) is 27.3 Å². The monoisotopic (exact) mass is 402 g/mol. The smallest absolute Gasteiger partial charge is 0.376 e. The first-order valence-corrected chi connectivity index (χ1v) is 9.68. The van der Waals surface area contributed by atoms with Crippen molar-refractivity contribution in [1.29, 1.82) is 0 Å². The summed E-state index contributed by atoms with van der Waals surface area (Å²) in [4.78, 5) is 0. The van der Waals surface area contributed by atoms with E-state index in [4.69, 9.17) is 0 Å². The lowest BCUT2D eigenvalue weighted by atomic mass is 9.96. The van der Waals surface area contributed by atoms with Gasteiger partial charge in [0.1, 0.15) is 5.75 Å². The van der Waals surface area contributed by atoms with Crippen molar-refractivity contribution < 1.29 is 25.8 Å². The molecule has 4 rings (SSSR count). The fraction of sp³-hybridized carbons (Fsp3) is 0.0476. The molecular formula is C21H13F3O3S. The fourth-order valence-corrected chi connectivity index (χ4v) is 3.55. The first-order valence-electron chi connectivity index (χ1n) is 8.27.